The van der Waals surface area contributed by atoms with E-state index in [2.05, 4.69) is 23.7 Å². The van der Waals surface area contributed by atoms with E-state index in [4.69, 9.17) is 9.47 Å². The van der Waals surface area contributed by atoms with Gasteiger partial charge in [-0.3, -0.25) is 9.59 Å². The van der Waals surface area contributed by atoms with Gasteiger partial charge in [-0.2, -0.15) is 0 Å². The smallest absolute Gasteiger partial charge is 0.307 e. The lowest BCUT2D eigenvalue weighted by Gasteiger charge is -2.08. The zero-order valence-corrected chi connectivity index (χ0v) is 11.9. The molecule has 19 heavy (non-hydrogen) atoms. The van der Waals surface area contributed by atoms with E-state index in [-0.39, 0.29) is 24.8 Å². The fourth-order valence-electron chi connectivity index (χ4n) is 1.35. The van der Waals surface area contributed by atoms with Gasteiger partial charge in [0.2, 0.25) is 0 Å². The number of carbonyl (C=O) groups excluding carboxylic acids is 2. The molecule has 0 aromatic rings. The molecule has 0 heterocycles. The van der Waals surface area contributed by atoms with Crippen LogP contribution in [0, 0.1) is 23.7 Å². The maximum atomic E-state index is 11.4. The van der Waals surface area contributed by atoms with E-state index in [9.17, 15) is 9.59 Å². The Bertz CT molecular complexity index is 377. The first kappa shape index (κ1) is 17.1. The van der Waals surface area contributed by atoms with E-state index in [1.165, 1.54) is 0 Å². The molecule has 0 saturated carbocycles. The summed E-state index contributed by atoms with van der Waals surface area (Å²) < 4.78 is 10.0. The molecule has 0 aliphatic carbocycles. The van der Waals surface area contributed by atoms with E-state index in [0.717, 1.165) is 0 Å². The van der Waals surface area contributed by atoms with Crippen molar-refractivity contribution in [2.75, 3.05) is 0 Å². The normalized spacial score (nSPS) is 12.0. The van der Waals surface area contributed by atoms with Crippen molar-refractivity contribution in [1.29, 1.82) is 0 Å². The zero-order valence-electron chi connectivity index (χ0n) is 11.9. The van der Waals surface area contributed by atoms with E-state index >= 15 is 0 Å². The molecule has 0 aliphatic rings. The van der Waals surface area contributed by atoms with Crippen molar-refractivity contribution in [3.8, 4) is 23.7 Å². The minimum Gasteiger partial charge on any atom is -0.449 e. The van der Waals surface area contributed by atoms with E-state index < -0.39 is 12.2 Å². The van der Waals surface area contributed by atoms with Gasteiger partial charge in [-0.15, -0.1) is 11.8 Å². The SMILES string of the molecule is CC#CC(C)OC(=O)CCCC(=O)OC(C)C#CC. The number of ether oxygens (including phenoxy) is 2. The molecular formula is C15H20O4. The summed E-state index contributed by atoms with van der Waals surface area (Å²) in [5.74, 6) is 10.1. The molecule has 2 atom stereocenters. The Kier molecular flexibility index (Phi) is 9.00. The summed E-state index contributed by atoms with van der Waals surface area (Å²) in [6.07, 6.45) is -0.0679. The molecule has 0 amide bonds. The number of hydrogen-bond donors (Lipinski definition) is 0. The summed E-state index contributed by atoms with van der Waals surface area (Å²) in [6, 6.07) is 0. The van der Waals surface area contributed by atoms with Crippen LogP contribution in [0.25, 0.3) is 0 Å². The van der Waals surface area contributed by atoms with Gasteiger partial charge in [-0.25, -0.2) is 0 Å². The minimum atomic E-state index is -0.413. The van der Waals surface area contributed by atoms with Gasteiger partial charge in [-0.1, -0.05) is 11.8 Å². The Balaban J connectivity index is 3.82. The summed E-state index contributed by atoms with van der Waals surface area (Å²) in [5, 5.41) is 0. The lowest BCUT2D eigenvalue weighted by Crippen LogP contribution is -2.15. The number of carbonyl (C=O) groups is 2. The number of hydrogen-bond acceptors (Lipinski definition) is 4. The van der Waals surface area contributed by atoms with Gasteiger partial charge < -0.3 is 9.47 Å². The first-order valence-corrected chi connectivity index (χ1v) is 6.23. The predicted octanol–water partition coefficient (Wildman–Crippen LogP) is 2.07. The van der Waals surface area contributed by atoms with Gasteiger partial charge >= 0.3 is 11.9 Å². The Hall–Kier alpha value is -1.94. The molecule has 0 aromatic heterocycles. The van der Waals surface area contributed by atoms with Crippen molar-refractivity contribution in [3.63, 3.8) is 0 Å². The van der Waals surface area contributed by atoms with E-state index in [1.807, 2.05) is 0 Å². The standard InChI is InChI=1S/C15H20O4/c1-5-8-12(3)18-14(16)10-7-11-15(17)19-13(4)9-6-2/h12-13H,7,10-11H2,1-4H3. The van der Waals surface area contributed by atoms with Crippen molar-refractivity contribution >= 4 is 11.9 Å². The Morgan fingerprint density at radius 2 is 1.26 bits per heavy atom. The molecule has 0 spiro atoms. The molecule has 0 aromatic carbocycles. The molecular weight excluding hydrogens is 244 g/mol. The Morgan fingerprint density at radius 3 is 1.58 bits per heavy atom. The molecule has 0 saturated heterocycles. The third kappa shape index (κ3) is 9.73. The zero-order chi connectivity index (χ0) is 14.7. The highest BCUT2D eigenvalue weighted by molar-refractivity contribution is 5.73. The topological polar surface area (TPSA) is 52.6 Å². The van der Waals surface area contributed by atoms with Gasteiger partial charge in [0.15, 0.2) is 12.2 Å². The minimum absolute atomic E-state index is 0.179. The predicted molar refractivity (Wildman–Crippen MR) is 71.9 cm³/mol. The largest absolute Gasteiger partial charge is 0.449 e. The molecule has 0 radical (unpaired) electrons. The van der Waals surface area contributed by atoms with Gasteiger partial charge in [0.05, 0.1) is 0 Å². The van der Waals surface area contributed by atoms with Gasteiger partial charge in [0.1, 0.15) is 0 Å². The summed E-state index contributed by atoms with van der Waals surface area (Å²) in [5.41, 5.74) is 0. The van der Waals surface area contributed by atoms with Crippen LogP contribution in [0.5, 0.6) is 0 Å². The summed E-state index contributed by atoms with van der Waals surface area (Å²) >= 11 is 0. The monoisotopic (exact) mass is 264 g/mol. The third-order valence-electron chi connectivity index (χ3n) is 2.07. The Labute approximate surface area is 114 Å². The van der Waals surface area contributed by atoms with Crippen LogP contribution in [0.4, 0.5) is 0 Å². The van der Waals surface area contributed by atoms with Crippen LogP contribution < -0.4 is 0 Å². The first-order valence-electron chi connectivity index (χ1n) is 6.23. The van der Waals surface area contributed by atoms with Crippen LogP contribution >= 0.6 is 0 Å². The average molecular weight is 264 g/mol. The van der Waals surface area contributed by atoms with Gasteiger partial charge in [0.25, 0.3) is 0 Å². The third-order valence-corrected chi connectivity index (χ3v) is 2.07. The summed E-state index contributed by atoms with van der Waals surface area (Å²) in [6.45, 7) is 6.77. The molecule has 4 heteroatoms. The summed E-state index contributed by atoms with van der Waals surface area (Å²) in [4.78, 5) is 22.7. The van der Waals surface area contributed by atoms with Crippen LogP contribution in [-0.2, 0) is 19.1 Å². The molecule has 0 aliphatic heterocycles. The number of esters is 2. The highest BCUT2D eigenvalue weighted by Gasteiger charge is 2.10. The summed E-state index contributed by atoms with van der Waals surface area (Å²) in [7, 11) is 0. The molecule has 0 fully saturated rings. The quantitative estimate of drug-likeness (QED) is 0.544. The van der Waals surface area contributed by atoms with Crippen LogP contribution in [-0.4, -0.2) is 24.1 Å². The van der Waals surface area contributed by atoms with Gasteiger partial charge in [0, 0.05) is 12.8 Å². The van der Waals surface area contributed by atoms with Gasteiger partial charge in [-0.05, 0) is 34.1 Å². The van der Waals surface area contributed by atoms with Crippen molar-refractivity contribution < 1.29 is 19.1 Å². The van der Waals surface area contributed by atoms with Crippen LogP contribution in [0.3, 0.4) is 0 Å². The molecule has 104 valence electrons. The van der Waals surface area contributed by atoms with Crippen molar-refractivity contribution in [3.05, 3.63) is 0 Å². The van der Waals surface area contributed by atoms with Crippen molar-refractivity contribution in [2.24, 2.45) is 0 Å². The lowest BCUT2D eigenvalue weighted by atomic mass is 10.2. The van der Waals surface area contributed by atoms with E-state index in [1.54, 1.807) is 27.7 Å². The molecule has 0 bridgehead atoms. The number of rotatable bonds is 6. The van der Waals surface area contributed by atoms with Crippen LogP contribution in [0.15, 0.2) is 0 Å². The second-order valence-corrected chi connectivity index (χ2v) is 3.91. The second-order valence-electron chi connectivity index (χ2n) is 3.91. The second kappa shape index (κ2) is 10.0. The average Bonchev–Trinajstić information content (AvgIpc) is 2.28. The first-order chi connectivity index (χ1) is 8.99. The van der Waals surface area contributed by atoms with Crippen LogP contribution in [0.2, 0.25) is 0 Å². The lowest BCUT2D eigenvalue weighted by molar-refractivity contribution is -0.147. The van der Waals surface area contributed by atoms with Crippen molar-refractivity contribution in [2.45, 2.75) is 59.2 Å². The van der Waals surface area contributed by atoms with Crippen molar-refractivity contribution in [1.82, 2.24) is 0 Å². The molecule has 0 rings (SSSR count). The van der Waals surface area contributed by atoms with E-state index in [0.29, 0.717) is 6.42 Å². The maximum Gasteiger partial charge on any atom is 0.307 e. The fourth-order valence-corrected chi connectivity index (χ4v) is 1.35. The molecule has 0 N–H and O–H groups in total. The maximum absolute atomic E-state index is 11.4. The molecule has 2 unspecified atom stereocenters. The highest BCUT2D eigenvalue weighted by atomic mass is 16.5. The van der Waals surface area contributed by atoms with Crippen LogP contribution in [0.1, 0.15) is 47.0 Å². The highest BCUT2D eigenvalue weighted by Crippen LogP contribution is 2.03. The molecule has 4 nitrogen and oxygen atoms in total. The fraction of sp³-hybridized carbons (Fsp3) is 0.600. The Morgan fingerprint density at radius 1 is 0.895 bits per heavy atom.